The highest BCUT2D eigenvalue weighted by atomic mass is 16.6. The molecule has 1 saturated heterocycles. The van der Waals surface area contributed by atoms with Crippen LogP contribution < -0.4 is 10.6 Å². The Balaban J connectivity index is 0.00000117. The Kier molecular flexibility index (Phi) is 6.01. The fraction of sp³-hybridized carbons (Fsp3) is 0.348. The van der Waals surface area contributed by atoms with Gasteiger partial charge in [-0.05, 0) is 13.0 Å². The molecular weight excluding hydrogens is 368 g/mol. The van der Waals surface area contributed by atoms with Gasteiger partial charge in [0.1, 0.15) is 6.61 Å². The molecule has 29 heavy (non-hydrogen) atoms. The van der Waals surface area contributed by atoms with Gasteiger partial charge >= 0.3 is 5.97 Å². The summed E-state index contributed by atoms with van der Waals surface area (Å²) in [6, 6.07) is 2.04. The van der Waals surface area contributed by atoms with Crippen molar-refractivity contribution in [2.75, 3.05) is 6.61 Å². The summed E-state index contributed by atoms with van der Waals surface area (Å²) in [4.78, 5) is 31.7. The second-order valence-corrected chi connectivity index (χ2v) is 6.68. The molecule has 4 rings (SSSR count). The molecular formula is C23H26N2O4. The van der Waals surface area contributed by atoms with Crippen LogP contribution in [-0.2, 0) is 25.6 Å². The molecule has 0 aliphatic carbocycles. The number of hydrogen-bond donors (Lipinski definition) is 0. The van der Waals surface area contributed by atoms with Crippen LogP contribution in [0.5, 0.6) is 0 Å². The number of allylic oxidation sites excluding steroid dienone is 1. The summed E-state index contributed by atoms with van der Waals surface area (Å²) in [5, 5.41) is 1.79. The average Bonchev–Trinajstić information content (AvgIpc) is 3.09. The minimum Gasteiger partial charge on any atom is -0.486 e. The first kappa shape index (κ1) is 20.6. The summed E-state index contributed by atoms with van der Waals surface area (Å²) in [6.07, 6.45) is 7.82. The standard InChI is InChI=1S/C21H20N2O4.C2H6/c1-4-7-12-8-13-10-23-17(18(13)22-16(12)5-2)9-14-15(20(23)24)11-27-21(25)19(14)26-6-3;1-2/h4-9,14-15,19H,1,3,10-11H2,2H3;1-2H3/b12-7-,16-5+;. The molecule has 6 nitrogen and oxygen atoms in total. The largest absolute Gasteiger partial charge is 0.486 e. The molecule has 0 spiro atoms. The van der Waals surface area contributed by atoms with Gasteiger partial charge < -0.3 is 14.4 Å². The van der Waals surface area contributed by atoms with Crippen LogP contribution in [0.4, 0.5) is 0 Å². The second kappa shape index (κ2) is 8.47. The maximum absolute atomic E-state index is 13.1. The Morgan fingerprint density at radius 1 is 1.31 bits per heavy atom. The minimum atomic E-state index is -0.866. The number of nitrogens with zero attached hydrogens (tertiary/aromatic N) is 2. The lowest BCUT2D eigenvalue weighted by Crippen LogP contribution is -2.52. The quantitative estimate of drug-likeness (QED) is 0.579. The average molecular weight is 394 g/mol. The zero-order chi connectivity index (χ0) is 21.1. The molecule has 4 heterocycles. The normalized spacial score (nSPS) is 25.7. The van der Waals surface area contributed by atoms with Crippen molar-refractivity contribution < 1.29 is 19.1 Å². The number of pyridine rings is 1. The van der Waals surface area contributed by atoms with E-state index in [9.17, 15) is 9.59 Å². The van der Waals surface area contributed by atoms with Gasteiger partial charge in [-0.1, -0.05) is 51.3 Å². The maximum atomic E-state index is 13.1. The van der Waals surface area contributed by atoms with E-state index < -0.39 is 23.9 Å². The molecule has 1 fully saturated rings. The fourth-order valence-corrected chi connectivity index (χ4v) is 3.97. The third-order valence-electron chi connectivity index (χ3n) is 5.22. The van der Waals surface area contributed by atoms with Crippen LogP contribution in [0.1, 0.15) is 32.0 Å². The van der Waals surface area contributed by atoms with Gasteiger partial charge in [-0.2, -0.15) is 0 Å². The van der Waals surface area contributed by atoms with Gasteiger partial charge in [-0.15, -0.1) is 0 Å². The number of esters is 1. The van der Waals surface area contributed by atoms with Crippen molar-refractivity contribution in [3.63, 3.8) is 0 Å². The lowest BCUT2D eigenvalue weighted by atomic mass is 9.81. The highest BCUT2D eigenvalue weighted by Crippen LogP contribution is 2.41. The third-order valence-corrected chi connectivity index (χ3v) is 5.22. The molecule has 0 bridgehead atoms. The van der Waals surface area contributed by atoms with Gasteiger partial charge in [0.2, 0.25) is 12.0 Å². The lowest BCUT2D eigenvalue weighted by Gasteiger charge is -2.39. The number of carbonyl (C=O) groups is 2. The van der Waals surface area contributed by atoms with E-state index in [1.807, 2.05) is 45.1 Å². The highest BCUT2D eigenvalue weighted by Gasteiger charge is 2.50. The molecule has 0 saturated carbocycles. The molecule has 1 aromatic rings. The van der Waals surface area contributed by atoms with Gasteiger partial charge in [0.25, 0.3) is 0 Å². The van der Waals surface area contributed by atoms with E-state index in [-0.39, 0.29) is 12.5 Å². The summed E-state index contributed by atoms with van der Waals surface area (Å²) in [5.41, 5.74) is 2.48. The number of hydrogen-bond acceptors (Lipinski definition) is 5. The molecule has 1 amide bonds. The van der Waals surface area contributed by atoms with Crippen molar-refractivity contribution in [1.29, 1.82) is 0 Å². The Hall–Kier alpha value is -3.15. The lowest BCUT2D eigenvalue weighted by molar-refractivity contribution is -0.172. The number of amides is 1. The Labute approximate surface area is 170 Å². The Morgan fingerprint density at radius 2 is 2.07 bits per heavy atom. The topological polar surface area (TPSA) is 68.7 Å². The van der Waals surface area contributed by atoms with Gasteiger partial charge in [0, 0.05) is 16.7 Å². The zero-order valence-corrected chi connectivity index (χ0v) is 17.1. The van der Waals surface area contributed by atoms with E-state index in [4.69, 9.17) is 14.5 Å². The van der Waals surface area contributed by atoms with Crippen molar-refractivity contribution in [2.45, 2.75) is 33.4 Å². The predicted octanol–water partition coefficient (Wildman–Crippen LogP) is 1.89. The van der Waals surface area contributed by atoms with Gasteiger partial charge in [-0.25, -0.2) is 9.78 Å². The highest BCUT2D eigenvalue weighted by molar-refractivity contribution is 5.95. The first-order valence-electron chi connectivity index (χ1n) is 9.84. The third kappa shape index (κ3) is 3.39. The van der Waals surface area contributed by atoms with E-state index in [1.165, 1.54) is 6.26 Å². The molecule has 3 aliphatic heterocycles. The first-order valence-corrected chi connectivity index (χ1v) is 9.84. The molecule has 0 N–H and O–H groups in total. The number of carbonyl (C=O) groups excluding carboxylic acids is 2. The SMILES string of the molecule is C=C/C=c1/cc2c(n/c1=C/C)C1=CC3C(COC(=O)C3OC=C)C(=O)N1C2.CC. The zero-order valence-electron chi connectivity index (χ0n) is 17.1. The summed E-state index contributed by atoms with van der Waals surface area (Å²) < 4.78 is 10.5. The fourth-order valence-electron chi connectivity index (χ4n) is 3.97. The summed E-state index contributed by atoms with van der Waals surface area (Å²) in [7, 11) is 0. The van der Waals surface area contributed by atoms with Crippen molar-refractivity contribution in [1.82, 2.24) is 9.88 Å². The summed E-state index contributed by atoms with van der Waals surface area (Å²) in [5.74, 6) is -1.40. The van der Waals surface area contributed by atoms with Crippen LogP contribution in [0.2, 0.25) is 0 Å². The van der Waals surface area contributed by atoms with E-state index in [0.29, 0.717) is 6.54 Å². The first-order chi connectivity index (χ1) is 14.1. The predicted molar refractivity (Wildman–Crippen MR) is 111 cm³/mol. The molecule has 3 unspecified atom stereocenters. The molecule has 0 radical (unpaired) electrons. The number of cyclic esters (lactones) is 1. The van der Waals surface area contributed by atoms with Crippen LogP contribution in [-0.4, -0.2) is 34.5 Å². The molecule has 0 aromatic carbocycles. The van der Waals surface area contributed by atoms with Gasteiger partial charge in [-0.3, -0.25) is 4.79 Å². The van der Waals surface area contributed by atoms with Crippen LogP contribution >= 0.6 is 0 Å². The van der Waals surface area contributed by atoms with Crippen molar-refractivity contribution in [2.24, 2.45) is 11.8 Å². The summed E-state index contributed by atoms with van der Waals surface area (Å²) >= 11 is 0. The molecule has 1 aromatic heterocycles. The number of ether oxygens (including phenoxy) is 2. The number of aromatic nitrogens is 1. The van der Waals surface area contributed by atoms with Crippen molar-refractivity contribution in [3.8, 4) is 0 Å². The monoisotopic (exact) mass is 394 g/mol. The van der Waals surface area contributed by atoms with E-state index in [0.717, 1.165) is 27.5 Å². The number of rotatable bonds is 3. The van der Waals surface area contributed by atoms with Crippen LogP contribution in [0.15, 0.2) is 37.6 Å². The number of fused-ring (bicyclic) bond motifs is 4. The molecule has 3 atom stereocenters. The van der Waals surface area contributed by atoms with Gasteiger partial charge in [0.15, 0.2) is 0 Å². The molecule has 152 valence electrons. The minimum absolute atomic E-state index is 0.0624. The van der Waals surface area contributed by atoms with E-state index in [2.05, 4.69) is 13.2 Å². The molecule has 3 aliphatic rings. The molecule has 6 heteroatoms. The van der Waals surface area contributed by atoms with Crippen LogP contribution in [0, 0.1) is 11.8 Å². The van der Waals surface area contributed by atoms with E-state index in [1.54, 1.807) is 11.0 Å². The van der Waals surface area contributed by atoms with Crippen molar-refractivity contribution >= 4 is 29.7 Å². The Morgan fingerprint density at radius 3 is 2.72 bits per heavy atom. The smallest absolute Gasteiger partial charge is 0.347 e. The Bertz CT molecular complexity index is 1010. The summed E-state index contributed by atoms with van der Waals surface area (Å²) in [6.45, 7) is 13.7. The van der Waals surface area contributed by atoms with Crippen LogP contribution in [0.25, 0.3) is 17.8 Å². The maximum Gasteiger partial charge on any atom is 0.347 e. The second-order valence-electron chi connectivity index (χ2n) is 6.68. The van der Waals surface area contributed by atoms with Crippen molar-refractivity contribution in [3.05, 3.63) is 59.5 Å². The van der Waals surface area contributed by atoms with E-state index >= 15 is 0 Å². The van der Waals surface area contributed by atoms with Crippen LogP contribution in [0.3, 0.4) is 0 Å². The van der Waals surface area contributed by atoms with Gasteiger partial charge in [0.05, 0.1) is 35.5 Å².